The summed E-state index contributed by atoms with van der Waals surface area (Å²) in [5.41, 5.74) is 11.1. The summed E-state index contributed by atoms with van der Waals surface area (Å²) in [5, 5.41) is 25.5. The third-order valence-electron chi connectivity index (χ3n) is 15.3. The predicted octanol–water partition coefficient (Wildman–Crippen LogP) is 13.1. The van der Waals surface area contributed by atoms with Crippen molar-refractivity contribution < 1.29 is 38.9 Å². The maximum Gasteiger partial charge on any atom is 0.261 e. The van der Waals surface area contributed by atoms with Crippen molar-refractivity contribution in [1.29, 1.82) is 0 Å². The van der Waals surface area contributed by atoms with Gasteiger partial charge in [-0.25, -0.2) is 0 Å². The molecule has 0 spiro atoms. The van der Waals surface area contributed by atoms with Gasteiger partial charge in [0, 0.05) is 38.8 Å². The van der Waals surface area contributed by atoms with Crippen molar-refractivity contribution in [3.05, 3.63) is 186 Å². The van der Waals surface area contributed by atoms with Crippen LogP contribution in [-0.2, 0) is 47.3 Å². The van der Waals surface area contributed by atoms with Gasteiger partial charge in [0.05, 0.1) is 35.5 Å². The van der Waals surface area contributed by atoms with Crippen molar-refractivity contribution in [2.45, 2.75) is 143 Å². The second-order valence-corrected chi connectivity index (χ2v) is 25.3. The van der Waals surface area contributed by atoms with Crippen molar-refractivity contribution in [3.63, 3.8) is 0 Å². The third kappa shape index (κ3) is 10.6. The molecular weight excluding hydrogens is 949 g/mol. The van der Waals surface area contributed by atoms with Crippen molar-refractivity contribution in [2.24, 2.45) is 0 Å². The third-order valence-corrected chi connectivity index (χ3v) is 15.3. The molecule has 0 saturated carbocycles. The highest BCUT2D eigenvalue weighted by molar-refractivity contribution is 6.22. The first-order valence-corrected chi connectivity index (χ1v) is 26.9. The van der Waals surface area contributed by atoms with Crippen molar-refractivity contribution >= 4 is 23.6 Å². The summed E-state index contributed by atoms with van der Waals surface area (Å²) < 4.78 is 13.9. The van der Waals surface area contributed by atoms with Gasteiger partial charge < -0.3 is 19.7 Å². The Kier molecular flexibility index (Phi) is 14.2. The lowest BCUT2D eigenvalue weighted by atomic mass is 9.79. The van der Waals surface area contributed by atoms with E-state index in [1.807, 2.05) is 0 Å². The van der Waals surface area contributed by atoms with Gasteiger partial charge in [-0.05, 0) is 126 Å². The fourth-order valence-electron chi connectivity index (χ4n) is 10.7. The maximum absolute atomic E-state index is 13.4. The van der Waals surface area contributed by atoms with Gasteiger partial charge in [0.25, 0.3) is 23.6 Å². The first kappa shape index (κ1) is 53.6. The quantitative estimate of drug-likeness (QED) is 0.102. The number of aromatic hydroxyl groups is 2. The molecule has 2 aliphatic heterocycles. The van der Waals surface area contributed by atoms with Crippen LogP contribution in [0.2, 0.25) is 0 Å². The molecule has 6 aromatic carbocycles. The van der Waals surface area contributed by atoms with E-state index in [1.54, 1.807) is 48.5 Å². The highest BCUT2D eigenvalue weighted by atomic mass is 16.5. The monoisotopic (exact) mass is 1020 g/mol. The molecule has 2 N–H and O–H groups in total. The Morgan fingerprint density at radius 3 is 0.829 bits per heavy atom. The van der Waals surface area contributed by atoms with Crippen LogP contribution in [0.1, 0.15) is 204 Å². The van der Waals surface area contributed by atoms with Crippen molar-refractivity contribution in [1.82, 2.24) is 9.80 Å². The number of nitrogens with zero attached hydrogens (tertiary/aromatic N) is 2. The summed E-state index contributed by atoms with van der Waals surface area (Å²) in [7, 11) is 0. The number of amides is 4. The number of fused-ring (bicyclic) bond motifs is 10. The Bertz CT molecular complexity index is 2930. The average molecular weight is 1020 g/mol. The molecule has 0 aromatic heterocycles. The van der Waals surface area contributed by atoms with Gasteiger partial charge in [-0.15, -0.1) is 0 Å². The van der Waals surface area contributed by atoms with Crippen LogP contribution >= 0.6 is 0 Å². The SMILES string of the molecule is CC(C)(C)c1cc2c(O)c(c1)Cc1cc(C(C)(C)C)cc(c1OCCCN1C(=O)c3ccccc3C1=O)Cc1cc(C(C)(C)C)cc(c1O)Cc1cc(C(C)(C)C)cc(c1OCCCN1C(=O)c3ccccc3C1=O)C2. The highest BCUT2D eigenvalue weighted by Crippen LogP contribution is 2.44. The van der Waals surface area contributed by atoms with E-state index < -0.39 is 0 Å². The molecular formula is C66H74N2O8. The first-order chi connectivity index (χ1) is 35.7. The molecule has 10 heteroatoms. The van der Waals surface area contributed by atoms with E-state index >= 15 is 0 Å². The van der Waals surface area contributed by atoms with E-state index in [9.17, 15) is 29.4 Å². The van der Waals surface area contributed by atoms with Crippen LogP contribution in [0.5, 0.6) is 23.0 Å². The highest BCUT2D eigenvalue weighted by Gasteiger charge is 2.36. The molecule has 6 aromatic rings. The molecule has 2 heterocycles. The molecule has 0 fully saturated rings. The van der Waals surface area contributed by atoms with E-state index in [2.05, 4.69) is 132 Å². The van der Waals surface area contributed by atoms with Crippen LogP contribution in [0.25, 0.3) is 0 Å². The number of carbonyl (C=O) groups excluding carboxylic acids is 4. The fourth-order valence-corrected chi connectivity index (χ4v) is 10.7. The normalized spacial score (nSPS) is 14.8. The Morgan fingerprint density at radius 1 is 0.382 bits per heavy atom. The standard InChI is InChI=1S/C66H74N2O8/c1-63(2,3)47-31-39-27-43-35-49(65(7,8)9)37-45(57(43)75-25-17-23-67-59(71)51-19-13-14-20-52(51)60(67)72)29-41-33-48(64(4,5)6)34-42(56(41)70)30-46-38-50(66(10,11)12)36-44(28-40(32-47)55(39)69)58(46)76-26-18-24-68-61(73)53-21-15-16-22-54(53)62(68)74/h13-16,19-22,31-38,69-70H,17-18,23-30H2,1-12H3. The summed E-state index contributed by atoms with van der Waals surface area (Å²) >= 11 is 0. The van der Waals surface area contributed by atoms with E-state index in [0.29, 0.717) is 72.3 Å². The smallest absolute Gasteiger partial charge is 0.261 e. The van der Waals surface area contributed by atoms with Crippen LogP contribution in [0.15, 0.2) is 97.1 Å². The minimum atomic E-state index is -0.307. The maximum atomic E-state index is 13.4. The summed E-state index contributed by atoms with van der Waals surface area (Å²) in [6.45, 7) is 26.9. The molecule has 1 aliphatic carbocycles. The van der Waals surface area contributed by atoms with Gasteiger partial charge in [0.2, 0.25) is 0 Å². The lowest BCUT2D eigenvalue weighted by Crippen LogP contribution is -2.31. The number of rotatable bonds is 10. The average Bonchev–Trinajstić information content (AvgIpc) is 3.74. The van der Waals surface area contributed by atoms with Crippen LogP contribution in [0.3, 0.4) is 0 Å². The summed E-state index contributed by atoms with van der Waals surface area (Å²) in [6.07, 6.45) is 2.05. The molecule has 4 amide bonds. The Morgan fingerprint density at radius 2 is 0.605 bits per heavy atom. The first-order valence-electron chi connectivity index (χ1n) is 26.9. The number of carbonyl (C=O) groups is 4. The van der Waals surface area contributed by atoms with E-state index in [-0.39, 0.29) is 83.1 Å². The Balaban J connectivity index is 1.18. The number of hydrogen-bond acceptors (Lipinski definition) is 8. The molecule has 0 atom stereocenters. The zero-order chi connectivity index (χ0) is 54.8. The molecule has 76 heavy (non-hydrogen) atoms. The summed E-state index contributed by atoms with van der Waals surface area (Å²) in [4.78, 5) is 56.1. The summed E-state index contributed by atoms with van der Waals surface area (Å²) in [5.74, 6) is 0.412. The number of benzene rings is 6. The molecule has 8 bridgehead atoms. The number of phenolic OH excluding ortho intramolecular Hbond substituents is 2. The second kappa shape index (κ2) is 20.1. The molecule has 9 rings (SSSR count). The Hall–Kier alpha value is -7.20. The van der Waals surface area contributed by atoms with Crippen molar-refractivity contribution in [2.75, 3.05) is 26.3 Å². The van der Waals surface area contributed by atoms with E-state index in [4.69, 9.17) is 9.47 Å². The van der Waals surface area contributed by atoms with Gasteiger partial charge >= 0.3 is 0 Å². The van der Waals surface area contributed by atoms with Crippen LogP contribution in [0, 0.1) is 0 Å². The van der Waals surface area contributed by atoms with Gasteiger partial charge in [-0.1, -0.05) is 156 Å². The lowest BCUT2D eigenvalue weighted by molar-refractivity contribution is 0.0630. The van der Waals surface area contributed by atoms with Crippen LogP contribution in [0.4, 0.5) is 0 Å². The minimum absolute atomic E-state index is 0.177. The fraction of sp³-hybridized carbons (Fsp3) is 0.394. The zero-order valence-electron chi connectivity index (χ0n) is 46.5. The number of ether oxygens (including phenoxy) is 2. The Labute approximate surface area is 449 Å². The molecule has 10 nitrogen and oxygen atoms in total. The van der Waals surface area contributed by atoms with Gasteiger partial charge in [-0.2, -0.15) is 0 Å². The van der Waals surface area contributed by atoms with Crippen molar-refractivity contribution in [3.8, 4) is 23.0 Å². The van der Waals surface area contributed by atoms with Gasteiger partial charge in [0.15, 0.2) is 0 Å². The predicted molar refractivity (Wildman–Crippen MR) is 299 cm³/mol. The van der Waals surface area contributed by atoms with E-state index in [0.717, 1.165) is 66.8 Å². The molecule has 3 aliphatic rings. The number of phenols is 2. The topological polar surface area (TPSA) is 134 Å². The number of hydrogen-bond donors (Lipinski definition) is 2. The number of imide groups is 2. The van der Waals surface area contributed by atoms with Crippen LogP contribution in [-0.4, -0.2) is 69.9 Å². The molecule has 396 valence electrons. The van der Waals surface area contributed by atoms with Crippen LogP contribution < -0.4 is 9.47 Å². The molecule has 0 unspecified atom stereocenters. The zero-order valence-corrected chi connectivity index (χ0v) is 46.5. The van der Waals surface area contributed by atoms with Gasteiger partial charge in [-0.3, -0.25) is 29.0 Å². The summed E-state index contributed by atoms with van der Waals surface area (Å²) in [6, 6.07) is 31.0. The molecule has 0 radical (unpaired) electrons. The molecule has 0 saturated heterocycles. The minimum Gasteiger partial charge on any atom is -0.507 e. The van der Waals surface area contributed by atoms with E-state index in [1.165, 1.54) is 9.80 Å². The second-order valence-electron chi connectivity index (χ2n) is 25.3. The largest absolute Gasteiger partial charge is 0.507 e. The lowest BCUT2D eigenvalue weighted by Gasteiger charge is -2.28. The van der Waals surface area contributed by atoms with Gasteiger partial charge in [0.1, 0.15) is 23.0 Å².